The summed E-state index contributed by atoms with van der Waals surface area (Å²) >= 11 is 0. The van der Waals surface area contributed by atoms with E-state index in [1.807, 2.05) is 12.2 Å². The summed E-state index contributed by atoms with van der Waals surface area (Å²) in [6.45, 7) is 7.30. The van der Waals surface area contributed by atoms with E-state index in [0.717, 1.165) is 12.8 Å². The Kier molecular flexibility index (Phi) is 2.06. The second-order valence-corrected chi connectivity index (χ2v) is 2.26. The average Bonchev–Trinajstić information content (AvgIpc) is 2.34. The van der Waals surface area contributed by atoms with E-state index in [0.29, 0.717) is 0 Å². The molecule has 1 aliphatic heterocycles. The van der Waals surface area contributed by atoms with Crippen LogP contribution in [0.5, 0.6) is 0 Å². The largest absolute Gasteiger partial charge is 0.367 e. The molecule has 1 aliphatic rings. The van der Waals surface area contributed by atoms with Crippen LogP contribution in [0.2, 0.25) is 0 Å². The fraction of sp³-hybridized carbons (Fsp3) is 0.500. The molecule has 50 valence electrons. The summed E-state index contributed by atoms with van der Waals surface area (Å²) in [5.74, 6) is 0. The SMILES string of the molecule is C=CC1CCC(C=C)O1. The molecule has 0 amide bonds. The molecule has 0 aromatic rings. The van der Waals surface area contributed by atoms with Crippen molar-refractivity contribution in [1.29, 1.82) is 0 Å². The number of ether oxygens (including phenoxy) is 1. The van der Waals surface area contributed by atoms with Gasteiger partial charge >= 0.3 is 0 Å². The highest BCUT2D eigenvalue weighted by molar-refractivity contribution is 4.92. The predicted octanol–water partition coefficient (Wildman–Crippen LogP) is 1.91. The molecule has 0 saturated carbocycles. The minimum atomic E-state index is 0.271. The molecule has 0 bridgehead atoms. The lowest BCUT2D eigenvalue weighted by Gasteiger charge is -2.04. The van der Waals surface area contributed by atoms with Crippen molar-refractivity contribution in [2.24, 2.45) is 0 Å². The van der Waals surface area contributed by atoms with Gasteiger partial charge in [0.15, 0.2) is 0 Å². The van der Waals surface area contributed by atoms with Crippen LogP contribution >= 0.6 is 0 Å². The van der Waals surface area contributed by atoms with Gasteiger partial charge in [0, 0.05) is 0 Å². The lowest BCUT2D eigenvalue weighted by molar-refractivity contribution is 0.101. The van der Waals surface area contributed by atoms with Gasteiger partial charge in [-0.05, 0) is 12.8 Å². The molecule has 1 nitrogen and oxygen atoms in total. The van der Waals surface area contributed by atoms with Crippen molar-refractivity contribution < 1.29 is 4.74 Å². The molecule has 0 aliphatic carbocycles. The van der Waals surface area contributed by atoms with Crippen molar-refractivity contribution in [1.82, 2.24) is 0 Å². The molecule has 2 unspecified atom stereocenters. The monoisotopic (exact) mass is 124 g/mol. The van der Waals surface area contributed by atoms with Crippen LogP contribution in [-0.2, 0) is 4.74 Å². The minimum absolute atomic E-state index is 0.271. The van der Waals surface area contributed by atoms with E-state index in [-0.39, 0.29) is 12.2 Å². The molecule has 1 saturated heterocycles. The zero-order valence-electron chi connectivity index (χ0n) is 5.55. The Labute approximate surface area is 56.0 Å². The molecule has 1 heterocycles. The highest BCUT2D eigenvalue weighted by Crippen LogP contribution is 2.20. The van der Waals surface area contributed by atoms with Crippen LogP contribution in [0.15, 0.2) is 25.3 Å². The molecule has 0 N–H and O–H groups in total. The van der Waals surface area contributed by atoms with E-state index in [2.05, 4.69) is 13.2 Å². The summed E-state index contributed by atoms with van der Waals surface area (Å²) in [6.07, 6.45) is 6.44. The van der Waals surface area contributed by atoms with Crippen LogP contribution in [0.4, 0.5) is 0 Å². The van der Waals surface area contributed by atoms with Crippen molar-refractivity contribution in [3.05, 3.63) is 25.3 Å². The molecule has 0 radical (unpaired) electrons. The van der Waals surface area contributed by atoms with Gasteiger partial charge in [0.05, 0.1) is 12.2 Å². The molecule has 0 aromatic carbocycles. The fourth-order valence-corrected chi connectivity index (χ4v) is 1.04. The van der Waals surface area contributed by atoms with Crippen molar-refractivity contribution in [3.8, 4) is 0 Å². The number of rotatable bonds is 2. The van der Waals surface area contributed by atoms with Gasteiger partial charge in [-0.25, -0.2) is 0 Å². The van der Waals surface area contributed by atoms with Gasteiger partial charge in [-0.15, -0.1) is 13.2 Å². The average molecular weight is 124 g/mol. The lowest BCUT2D eigenvalue weighted by atomic mass is 10.2. The Morgan fingerprint density at radius 2 is 1.56 bits per heavy atom. The maximum Gasteiger partial charge on any atom is 0.0762 e. The topological polar surface area (TPSA) is 9.23 Å². The lowest BCUT2D eigenvalue weighted by Crippen LogP contribution is -2.04. The van der Waals surface area contributed by atoms with Crippen LogP contribution in [0, 0.1) is 0 Å². The summed E-state index contributed by atoms with van der Waals surface area (Å²) in [5.41, 5.74) is 0. The van der Waals surface area contributed by atoms with Crippen LogP contribution in [0.25, 0.3) is 0 Å². The van der Waals surface area contributed by atoms with Crippen molar-refractivity contribution >= 4 is 0 Å². The van der Waals surface area contributed by atoms with E-state index < -0.39 is 0 Å². The summed E-state index contributed by atoms with van der Waals surface area (Å²) in [4.78, 5) is 0. The summed E-state index contributed by atoms with van der Waals surface area (Å²) < 4.78 is 5.42. The van der Waals surface area contributed by atoms with Crippen LogP contribution in [-0.4, -0.2) is 12.2 Å². The Morgan fingerprint density at radius 1 is 1.11 bits per heavy atom. The molecule has 2 atom stereocenters. The molecule has 9 heavy (non-hydrogen) atoms. The van der Waals surface area contributed by atoms with Crippen LogP contribution < -0.4 is 0 Å². The van der Waals surface area contributed by atoms with Gasteiger partial charge in [0.25, 0.3) is 0 Å². The summed E-state index contributed by atoms with van der Waals surface area (Å²) in [7, 11) is 0. The predicted molar refractivity (Wildman–Crippen MR) is 38.3 cm³/mol. The van der Waals surface area contributed by atoms with Crippen molar-refractivity contribution in [2.75, 3.05) is 0 Å². The van der Waals surface area contributed by atoms with Gasteiger partial charge in [-0.1, -0.05) is 12.2 Å². The van der Waals surface area contributed by atoms with E-state index in [9.17, 15) is 0 Å². The number of hydrogen-bond acceptors (Lipinski definition) is 1. The normalized spacial score (nSPS) is 34.2. The first-order chi connectivity index (χ1) is 4.36. The van der Waals surface area contributed by atoms with Gasteiger partial charge < -0.3 is 4.74 Å². The maximum atomic E-state index is 5.42. The number of hydrogen-bond donors (Lipinski definition) is 0. The smallest absolute Gasteiger partial charge is 0.0762 e. The fourth-order valence-electron chi connectivity index (χ4n) is 1.04. The zero-order valence-corrected chi connectivity index (χ0v) is 5.55. The van der Waals surface area contributed by atoms with Crippen molar-refractivity contribution in [3.63, 3.8) is 0 Å². The summed E-state index contributed by atoms with van der Waals surface area (Å²) in [5, 5.41) is 0. The Morgan fingerprint density at radius 3 is 1.78 bits per heavy atom. The third-order valence-electron chi connectivity index (χ3n) is 1.61. The molecule has 1 rings (SSSR count). The third kappa shape index (κ3) is 1.42. The minimum Gasteiger partial charge on any atom is -0.367 e. The second kappa shape index (κ2) is 2.83. The van der Waals surface area contributed by atoms with Gasteiger partial charge in [-0.3, -0.25) is 0 Å². The molecule has 0 spiro atoms. The molecule has 1 heteroatoms. The molecule has 0 aromatic heterocycles. The molecular formula is C8H12O. The second-order valence-electron chi connectivity index (χ2n) is 2.26. The Hall–Kier alpha value is -0.560. The van der Waals surface area contributed by atoms with E-state index in [4.69, 9.17) is 4.74 Å². The first kappa shape index (κ1) is 6.56. The van der Waals surface area contributed by atoms with E-state index >= 15 is 0 Å². The van der Waals surface area contributed by atoms with Crippen LogP contribution in [0.1, 0.15) is 12.8 Å². The van der Waals surface area contributed by atoms with Crippen LogP contribution in [0.3, 0.4) is 0 Å². The Bertz CT molecular complexity index is 104. The maximum absolute atomic E-state index is 5.42. The van der Waals surface area contributed by atoms with E-state index in [1.165, 1.54) is 0 Å². The molecule has 1 fully saturated rings. The van der Waals surface area contributed by atoms with Crippen molar-refractivity contribution in [2.45, 2.75) is 25.0 Å². The standard InChI is InChI=1S/C8H12O/c1-3-7-5-6-8(4-2)9-7/h3-4,7-8H,1-2,5-6H2. The van der Waals surface area contributed by atoms with Gasteiger partial charge in [0.1, 0.15) is 0 Å². The quantitative estimate of drug-likeness (QED) is 0.511. The first-order valence-corrected chi connectivity index (χ1v) is 3.27. The highest BCUT2D eigenvalue weighted by atomic mass is 16.5. The first-order valence-electron chi connectivity index (χ1n) is 3.27. The van der Waals surface area contributed by atoms with E-state index in [1.54, 1.807) is 0 Å². The van der Waals surface area contributed by atoms with Gasteiger partial charge in [-0.2, -0.15) is 0 Å². The zero-order chi connectivity index (χ0) is 6.69. The van der Waals surface area contributed by atoms with Gasteiger partial charge in [0.2, 0.25) is 0 Å². The third-order valence-corrected chi connectivity index (χ3v) is 1.61. The highest BCUT2D eigenvalue weighted by Gasteiger charge is 2.19. The Balaban J connectivity index is 2.36. The molecular weight excluding hydrogens is 112 g/mol. The summed E-state index contributed by atoms with van der Waals surface area (Å²) in [6, 6.07) is 0.